The summed E-state index contributed by atoms with van der Waals surface area (Å²) in [5.41, 5.74) is 3.15. The van der Waals surface area contributed by atoms with Crippen LogP contribution in [0.3, 0.4) is 0 Å². The summed E-state index contributed by atoms with van der Waals surface area (Å²) < 4.78 is 19.7. The molecular formula is C23H30FNO2. The Morgan fingerprint density at radius 2 is 1.70 bits per heavy atom. The fourth-order valence-corrected chi connectivity index (χ4v) is 3.40. The Morgan fingerprint density at radius 3 is 2.22 bits per heavy atom. The summed E-state index contributed by atoms with van der Waals surface area (Å²) in [4.78, 5) is 11.5. The van der Waals surface area contributed by atoms with E-state index in [-0.39, 0.29) is 22.6 Å². The monoisotopic (exact) mass is 371 g/mol. The van der Waals surface area contributed by atoms with Gasteiger partial charge in [0.2, 0.25) is 5.91 Å². The minimum atomic E-state index is -0.388. The molecular weight excluding hydrogens is 341 g/mol. The number of nitrogens with one attached hydrogen (secondary N) is 1. The van der Waals surface area contributed by atoms with Crippen molar-refractivity contribution in [3.05, 3.63) is 58.9 Å². The number of carbonyl (C=O) groups excluding carboxylic acids is 1. The number of hydrogen-bond donors (Lipinski definition) is 1. The van der Waals surface area contributed by atoms with Gasteiger partial charge >= 0.3 is 0 Å². The summed E-state index contributed by atoms with van der Waals surface area (Å²) in [5, 5.41) is 2.91. The molecule has 4 heteroatoms. The van der Waals surface area contributed by atoms with Gasteiger partial charge in [-0.1, -0.05) is 52.8 Å². The summed E-state index contributed by atoms with van der Waals surface area (Å²) >= 11 is 0. The lowest BCUT2D eigenvalue weighted by atomic mass is 9.77. The van der Waals surface area contributed by atoms with Gasteiger partial charge in [-0.2, -0.15) is 0 Å². The molecule has 1 N–H and O–H groups in total. The molecule has 2 rings (SSSR count). The van der Waals surface area contributed by atoms with E-state index in [0.717, 1.165) is 16.8 Å². The fraction of sp³-hybridized carbons (Fsp3) is 0.435. The first-order valence-corrected chi connectivity index (χ1v) is 9.19. The van der Waals surface area contributed by atoms with E-state index in [2.05, 4.69) is 32.2 Å². The lowest BCUT2D eigenvalue weighted by Crippen LogP contribution is -2.23. The van der Waals surface area contributed by atoms with Gasteiger partial charge in [-0.05, 0) is 46.1 Å². The molecule has 2 aromatic rings. The van der Waals surface area contributed by atoms with Gasteiger partial charge in [-0.3, -0.25) is 4.79 Å². The molecule has 2 aromatic carbocycles. The number of hydrogen-bond acceptors (Lipinski definition) is 2. The Morgan fingerprint density at radius 1 is 1.04 bits per heavy atom. The number of amides is 1. The smallest absolute Gasteiger partial charge is 0.221 e. The predicted octanol–water partition coefficient (Wildman–Crippen LogP) is 5.61. The maximum absolute atomic E-state index is 14.6. The van der Waals surface area contributed by atoms with Crippen molar-refractivity contribution in [2.45, 2.75) is 58.8 Å². The van der Waals surface area contributed by atoms with Gasteiger partial charge in [0, 0.05) is 18.7 Å². The number of carbonyl (C=O) groups is 1. The molecule has 0 unspecified atom stereocenters. The lowest BCUT2D eigenvalue weighted by Gasteiger charge is -2.28. The van der Waals surface area contributed by atoms with Gasteiger partial charge < -0.3 is 10.1 Å². The van der Waals surface area contributed by atoms with Crippen LogP contribution in [0.4, 0.5) is 10.1 Å². The first kappa shape index (κ1) is 20.9. The van der Waals surface area contributed by atoms with Crippen LogP contribution in [0.1, 0.15) is 58.2 Å². The maximum Gasteiger partial charge on any atom is 0.221 e. The minimum absolute atomic E-state index is 0.0890. The second-order valence-corrected chi connectivity index (χ2v) is 8.72. The van der Waals surface area contributed by atoms with Crippen LogP contribution >= 0.6 is 0 Å². The first-order chi connectivity index (χ1) is 12.4. The molecule has 146 valence electrons. The number of benzene rings is 2. The molecule has 0 fully saturated rings. The number of rotatable bonds is 5. The largest absolute Gasteiger partial charge is 0.497 e. The average Bonchev–Trinajstić information content (AvgIpc) is 2.54. The highest BCUT2D eigenvalue weighted by molar-refractivity contribution is 5.89. The summed E-state index contributed by atoms with van der Waals surface area (Å²) in [6.07, 6.45) is 0.680. The van der Waals surface area contributed by atoms with Gasteiger partial charge in [-0.15, -0.1) is 0 Å². The molecule has 0 aliphatic heterocycles. The van der Waals surface area contributed by atoms with Crippen molar-refractivity contribution in [1.29, 1.82) is 0 Å². The molecule has 1 amide bonds. The van der Waals surface area contributed by atoms with E-state index in [4.69, 9.17) is 4.74 Å². The summed E-state index contributed by atoms with van der Waals surface area (Å²) in [6.45, 7) is 11.9. The standard InChI is InChI=1S/C23H30FNO2/c1-15(26)25-21-11-8-16(12-19(21)22(2,3)4)14-23(5,6)18-10-9-17(27-7)13-20(18)24/h8-13H,14H2,1-7H3,(H,25,26). The van der Waals surface area contributed by atoms with Crippen molar-refractivity contribution in [1.82, 2.24) is 0 Å². The molecule has 0 aliphatic carbocycles. The Hall–Kier alpha value is -2.36. The van der Waals surface area contributed by atoms with Crippen LogP contribution in [0.5, 0.6) is 5.75 Å². The predicted molar refractivity (Wildman–Crippen MR) is 109 cm³/mol. The van der Waals surface area contributed by atoms with Crippen LogP contribution < -0.4 is 10.1 Å². The highest BCUT2D eigenvalue weighted by Gasteiger charge is 2.26. The zero-order chi connectivity index (χ0) is 20.4. The minimum Gasteiger partial charge on any atom is -0.497 e. The third-order valence-corrected chi connectivity index (χ3v) is 4.75. The van der Waals surface area contributed by atoms with Crippen LogP contribution in [-0.4, -0.2) is 13.0 Å². The Labute approximate surface area is 161 Å². The summed E-state index contributed by atoms with van der Waals surface area (Å²) in [7, 11) is 1.53. The van der Waals surface area contributed by atoms with Crippen LogP contribution in [0.25, 0.3) is 0 Å². The Bertz CT molecular complexity index is 835. The number of anilines is 1. The first-order valence-electron chi connectivity index (χ1n) is 9.19. The van der Waals surface area contributed by atoms with Gasteiger partial charge in [0.15, 0.2) is 0 Å². The number of halogens is 1. The lowest BCUT2D eigenvalue weighted by molar-refractivity contribution is -0.114. The van der Waals surface area contributed by atoms with E-state index in [1.54, 1.807) is 12.1 Å². The molecule has 0 heterocycles. The Balaban J connectivity index is 2.39. The molecule has 0 spiro atoms. The van der Waals surface area contributed by atoms with Crippen LogP contribution in [0, 0.1) is 5.82 Å². The van der Waals surface area contributed by atoms with E-state index in [1.165, 1.54) is 20.1 Å². The van der Waals surface area contributed by atoms with Crippen molar-refractivity contribution in [2.24, 2.45) is 0 Å². The molecule has 0 aromatic heterocycles. The quantitative estimate of drug-likeness (QED) is 0.742. The molecule has 0 atom stereocenters. The number of methoxy groups -OCH3 is 1. The van der Waals surface area contributed by atoms with E-state index < -0.39 is 0 Å². The molecule has 0 saturated heterocycles. The second kappa shape index (κ2) is 7.71. The Kier molecular flexibility index (Phi) is 5.98. The normalized spacial score (nSPS) is 12.0. The molecule has 27 heavy (non-hydrogen) atoms. The van der Waals surface area contributed by atoms with E-state index in [0.29, 0.717) is 17.7 Å². The van der Waals surface area contributed by atoms with Crippen molar-refractivity contribution < 1.29 is 13.9 Å². The molecule has 0 bridgehead atoms. The molecule has 3 nitrogen and oxygen atoms in total. The molecule has 0 aliphatic rings. The maximum atomic E-state index is 14.6. The van der Waals surface area contributed by atoms with Gasteiger partial charge in [0.25, 0.3) is 0 Å². The highest BCUT2D eigenvalue weighted by Crippen LogP contribution is 2.35. The van der Waals surface area contributed by atoms with E-state index in [1.807, 2.05) is 26.0 Å². The number of ether oxygens (including phenoxy) is 1. The van der Waals surface area contributed by atoms with E-state index in [9.17, 15) is 9.18 Å². The van der Waals surface area contributed by atoms with Crippen molar-refractivity contribution in [3.8, 4) is 5.75 Å². The van der Waals surface area contributed by atoms with Gasteiger partial charge in [0.05, 0.1) is 7.11 Å². The van der Waals surface area contributed by atoms with Gasteiger partial charge in [-0.25, -0.2) is 4.39 Å². The van der Waals surface area contributed by atoms with Crippen LogP contribution in [0.2, 0.25) is 0 Å². The SMILES string of the molecule is COc1ccc(C(C)(C)Cc2ccc(NC(C)=O)c(C(C)(C)C)c2)c(F)c1. The molecule has 0 saturated carbocycles. The summed E-state index contributed by atoms with van der Waals surface area (Å²) in [5.74, 6) is 0.167. The second-order valence-electron chi connectivity index (χ2n) is 8.72. The average molecular weight is 371 g/mol. The van der Waals surface area contributed by atoms with E-state index >= 15 is 0 Å². The third-order valence-electron chi connectivity index (χ3n) is 4.75. The van der Waals surface area contributed by atoms with Crippen molar-refractivity contribution in [3.63, 3.8) is 0 Å². The summed E-state index contributed by atoms with van der Waals surface area (Å²) in [6, 6.07) is 11.1. The van der Waals surface area contributed by atoms with Crippen LogP contribution in [-0.2, 0) is 22.0 Å². The zero-order valence-electron chi connectivity index (χ0n) is 17.4. The fourth-order valence-electron chi connectivity index (χ4n) is 3.40. The van der Waals surface area contributed by atoms with Gasteiger partial charge in [0.1, 0.15) is 11.6 Å². The van der Waals surface area contributed by atoms with Crippen LogP contribution in [0.15, 0.2) is 36.4 Å². The van der Waals surface area contributed by atoms with Crippen molar-refractivity contribution >= 4 is 11.6 Å². The topological polar surface area (TPSA) is 38.3 Å². The zero-order valence-corrected chi connectivity index (χ0v) is 17.4. The van der Waals surface area contributed by atoms with Crippen molar-refractivity contribution in [2.75, 3.05) is 12.4 Å². The molecule has 0 radical (unpaired) electrons. The third kappa shape index (κ3) is 5.09. The highest BCUT2D eigenvalue weighted by atomic mass is 19.1.